The number of carbonyl (C=O) groups is 8. The molecule has 0 unspecified atom stereocenters. The molecule has 3 aliphatic rings. The molecule has 0 saturated heterocycles. The van der Waals surface area contributed by atoms with E-state index < -0.39 is 0 Å². The Balaban J connectivity index is 0.000000158. The summed E-state index contributed by atoms with van der Waals surface area (Å²) in [7, 11) is 0. The summed E-state index contributed by atoms with van der Waals surface area (Å²) >= 11 is 0. The van der Waals surface area contributed by atoms with Crippen LogP contribution < -0.4 is 19.6 Å². The van der Waals surface area contributed by atoms with Crippen LogP contribution in [0, 0.1) is 27.7 Å². The molecule has 12 nitrogen and oxygen atoms in total. The molecule has 3 aliphatic carbocycles. The van der Waals surface area contributed by atoms with Crippen LogP contribution in [0.2, 0.25) is 0 Å². The first kappa shape index (κ1) is 83.3. The zero-order valence-electron chi connectivity index (χ0n) is 72.2. The summed E-state index contributed by atoms with van der Waals surface area (Å²) in [6.07, 6.45) is 5.17. The molecule has 0 spiro atoms. The number of nitrogens with zero attached hydrogens (tertiary/aromatic N) is 4. The molecule has 0 fully saturated rings. The number of benzene rings is 18. The van der Waals surface area contributed by atoms with Gasteiger partial charge < -0.3 is 19.6 Å². The van der Waals surface area contributed by atoms with Crippen LogP contribution in [-0.2, 0) is 0 Å². The Morgan fingerprint density at radius 3 is 0.557 bits per heavy atom. The summed E-state index contributed by atoms with van der Waals surface area (Å²) in [5.74, 6) is -1.09. The van der Waals surface area contributed by atoms with Crippen LogP contribution in [0.3, 0.4) is 0 Å². The molecule has 628 valence electrons. The lowest BCUT2D eigenvalue weighted by atomic mass is 10.0. The van der Waals surface area contributed by atoms with Gasteiger partial charge in [0.2, 0.25) is 0 Å². The molecule has 0 bridgehead atoms. The van der Waals surface area contributed by atoms with Gasteiger partial charge in [-0.15, -0.1) is 0 Å². The Morgan fingerprint density at radius 1 is 0.198 bits per heavy atom. The molecule has 0 N–H and O–H groups in total. The number of fused-ring (bicyclic) bond motifs is 6. The summed E-state index contributed by atoms with van der Waals surface area (Å²) < 4.78 is 0. The smallest absolute Gasteiger partial charge is 0.197 e. The molecule has 0 aliphatic heterocycles. The van der Waals surface area contributed by atoms with Gasteiger partial charge in [-0.3, -0.25) is 38.4 Å². The Bertz CT molecular complexity index is 7030. The van der Waals surface area contributed by atoms with Crippen molar-refractivity contribution in [2.45, 2.75) is 34.1 Å². The number of anilines is 12. The average molecular weight is 1700 g/mol. The Hall–Kier alpha value is -17.2. The van der Waals surface area contributed by atoms with Crippen LogP contribution in [0.25, 0.3) is 66.7 Å². The molecule has 0 heterocycles. The summed E-state index contributed by atoms with van der Waals surface area (Å²) in [4.78, 5) is 108. The summed E-state index contributed by atoms with van der Waals surface area (Å²) in [5, 5.41) is 5.76. The monoisotopic (exact) mass is 1700 g/mol. The Kier molecular flexibility index (Phi) is 22.9. The first-order valence-corrected chi connectivity index (χ1v) is 43.4. The van der Waals surface area contributed by atoms with Crippen molar-refractivity contribution in [1.82, 2.24) is 0 Å². The SMILES string of the molecule is Cc1ccc(N(c2ccc(C=C3C(=O)c4cc5ccccc5cc4C3=O)cc2)c2ccc(-c3ccc(N(c4ccc(C)cc4)c4ccc(C=C5C(=O)c6cc7ccccc7cc6C5=O)cc4)cc3)cc2)cc1.Cc1ccc(N(c2ccc(C=O)cc2)c2ccc(-c3ccc(N(c4ccc(C)cc4)c4ccc(C=O)cc4)cc3)cc2)cc1.O=C1CC(=O)c2cc3ccccc3cc21. The first-order valence-electron chi connectivity index (χ1n) is 43.4. The van der Waals surface area contributed by atoms with Gasteiger partial charge in [0, 0.05) is 113 Å². The first-order chi connectivity index (χ1) is 63.9. The standard InChI is InChI=1S/C66H44N2O4.C40H32N2O2.C13H8O2/c1-41-11-23-51(24-12-41)67(53-27-15-43(16-28-53)35-61-63(69)57-37-47-7-3-4-8-48(47)38-58(57)64(61)70)55-31-19-45(20-32-55)46-21-33-56(34-22-46)68(52-25-13-42(2)14-26-52)54-29-17-44(18-30-54)36-62-65(71)59-39-49-9-5-6-10-50(49)40-60(59)66(62)72;1-29-3-15-35(16-4-29)41(37-19-7-31(27-43)8-20-37)39-23-11-33(12-24-39)34-13-25-40(26-14-34)42(36-17-5-30(2)6-18-36)38-21-9-32(28-44)10-22-38;14-12-7-13(15)11-6-9-4-2-1-3-8(9)5-10(11)12/h3-40H,1-2H3;3-28H,1-2H3;1-6H,7H2. The van der Waals surface area contributed by atoms with Crippen molar-refractivity contribution >= 4 is 160 Å². The number of hydrogen-bond donors (Lipinski definition) is 0. The lowest BCUT2D eigenvalue weighted by Gasteiger charge is -2.26. The van der Waals surface area contributed by atoms with Crippen molar-refractivity contribution in [2.24, 2.45) is 0 Å². The van der Waals surface area contributed by atoms with Crippen molar-refractivity contribution in [1.29, 1.82) is 0 Å². The van der Waals surface area contributed by atoms with Crippen molar-refractivity contribution < 1.29 is 38.4 Å². The van der Waals surface area contributed by atoms with Crippen molar-refractivity contribution in [3.63, 3.8) is 0 Å². The third-order valence-corrected chi connectivity index (χ3v) is 24.4. The molecule has 0 amide bonds. The van der Waals surface area contributed by atoms with Gasteiger partial charge in [-0.25, -0.2) is 0 Å². The maximum atomic E-state index is 13.5. The third-order valence-electron chi connectivity index (χ3n) is 24.4. The van der Waals surface area contributed by atoms with E-state index in [0.29, 0.717) is 44.5 Å². The molecule has 12 heteroatoms. The van der Waals surface area contributed by atoms with Crippen molar-refractivity contribution in [3.05, 3.63) is 489 Å². The second-order valence-electron chi connectivity index (χ2n) is 33.2. The van der Waals surface area contributed by atoms with Crippen molar-refractivity contribution in [3.8, 4) is 22.3 Å². The average Bonchev–Trinajstić information content (AvgIpc) is 1.62. The predicted molar refractivity (Wildman–Crippen MR) is 531 cm³/mol. The number of aryl methyl sites for hydroxylation is 4. The zero-order chi connectivity index (χ0) is 89.9. The highest BCUT2D eigenvalue weighted by atomic mass is 16.2. The summed E-state index contributed by atoms with van der Waals surface area (Å²) in [6, 6.07) is 133. The van der Waals surface area contributed by atoms with Gasteiger partial charge in [-0.2, -0.15) is 0 Å². The fraction of sp³-hybridized carbons (Fsp3) is 0.0420. The highest BCUT2D eigenvalue weighted by Crippen LogP contribution is 2.44. The van der Waals surface area contributed by atoms with E-state index >= 15 is 0 Å². The van der Waals surface area contributed by atoms with Gasteiger partial charge in [0.25, 0.3) is 0 Å². The van der Waals surface area contributed by atoms with Gasteiger partial charge in [0.05, 0.1) is 17.6 Å². The molecule has 18 aromatic carbocycles. The van der Waals surface area contributed by atoms with E-state index in [1.165, 1.54) is 11.1 Å². The van der Waals surface area contributed by atoms with Crippen LogP contribution in [-0.4, -0.2) is 47.3 Å². The van der Waals surface area contributed by atoms with Crippen LogP contribution in [0.4, 0.5) is 68.2 Å². The number of carbonyl (C=O) groups excluding carboxylic acids is 8. The minimum atomic E-state index is -0.246. The Morgan fingerprint density at radius 2 is 0.366 bits per heavy atom. The van der Waals surface area contributed by atoms with Crippen LogP contribution >= 0.6 is 0 Å². The van der Waals surface area contributed by atoms with Crippen LogP contribution in [0.5, 0.6) is 0 Å². The predicted octanol–water partition coefficient (Wildman–Crippen LogP) is 29.3. The van der Waals surface area contributed by atoms with Crippen LogP contribution in [0.1, 0.15) is 123 Å². The summed E-state index contributed by atoms with van der Waals surface area (Å²) in [5.41, 5.74) is 27.1. The fourth-order valence-corrected chi connectivity index (χ4v) is 17.3. The maximum absolute atomic E-state index is 13.5. The fourth-order valence-electron chi connectivity index (χ4n) is 17.3. The third kappa shape index (κ3) is 17.2. The van der Waals surface area contributed by atoms with Gasteiger partial charge in [-0.05, 0) is 312 Å². The van der Waals surface area contributed by atoms with E-state index in [0.717, 1.165) is 158 Å². The topological polar surface area (TPSA) is 150 Å². The van der Waals surface area contributed by atoms with Crippen LogP contribution in [0.15, 0.2) is 412 Å². The number of allylic oxidation sites excluding steroid dienone is 2. The van der Waals surface area contributed by atoms with E-state index in [1.807, 2.05) is 206 Å². The zero-order valence-corrected chi connectivity index (χ0v) is 72.2. The molecule has 21 rings (SSSR count). The largest absolute Gasteiger partial charge is 0.311 e. The lowest BCUT2D eigenvalue weighted by molar-refractivity contribution is 0.0916. The van der Waals surface area contributed by atoms with E-state index in [2.05, 4.69) is 241 Å². The quantitative estimate of drug-likeness (QED) is 0.0348. The van der Waals surface area contributed by atoms with Crippen molar-refractivity contribution in [2.75, 3.05) is 19.6 Å². The van der Waals surface area contributed by atoms with Gasteiger partial charge >= 0.3 is 0 Å². The molecular weight excluding hydrogens is 1610 g/mol. The number of ketones is 6. The highest BCUT2D eigenvalue weighted by molar-refractivity contribution is 6.43. The summed E-state index contributed by atoms with van der Waals surface area (Å²) in [6.45, 7) is 8.30. The molecule has 0 saturated carbocycles. The second kappa shape index (κ2) is 36.0. The highest BCUT2D eigenvalue weighted by Gasteiger charge is 2.36. The number of rotatable bonds is 18. The molecule has 18 aromatic rings. The minimum Gasteiger partial charge on any atom is -0.311 e. The number of hydrogen-bond acceptors (Lipinski definition) is 12. The second-order valence-corrected chi connectivity index (χ2v) is 33.2. The normalized spacial score (nSPS) is 12.4. The molecule has 131 heavy (non-hydrogen) atoms. The molecular formula is C119H84N4O8. The number of Topliss-reactive ketones (excluding diaryl/α,β-unsaturated/α-hetero) is 6. The minimum absolute atomic E-state index is 0.0334. The maximum Gasteiger partial charge on any atom is 0.197 e. The van der Waals surface area contributed by atoms with E-state index in [-0.39, 0.29) is 52.3 Å². The van der Waals surface area contributed by atoms with E-state index in [4.69, 9.17) is 0 Å². The van der Waals surface area contributed by atoms with E-state index in [1.54, 1.807) is 12.2 Å². The molecule has 0 radical (unpaired) electrons. The van der Waals surface area contributed by atoms with Gasteiger partial charge in [0.15, 0.2) is 34.7 Å². The van der Waals surface area contributed by atoms with Gasteiger partial charge in [0.1, 0.15) is 12.6 Å². The Labute approximate surface area is 758 Å². The molecule has 0 atom stereocenters. The van der Waals surface area contributed by atoms with Gasteiger partial charge in [-0.1, -0.05) is 216 Å². The van der Waals surface area contributed by atoms with E-state index in [9.17, 15) is 38.4 Å². The molecule has 0 aromatic heterocycles. The number of aldehydes is 2. The lowest BCUT2D eigenvalue weighted by Crippen LogP contribution is -2.10.